The summed E-state index contributed by atoms with van der Waals surface area (Å²) in [6, 6.07) is 5.19. The number of rotatable bonds is 5. The van der Waals surface area contributed by atoms with Crippen molar-refractivity contribution in [1.29, 1.82) is 0 Å². The van der Waals surface area contributed by atoms with E-state index in [2.05, 4.69) is 4.89 Å². The predicted octanol–water partition coefficient (Wildman–Crippen LogP) is 1.24. The van der Waals surface area contributed by atoms with Gasteiger partial charge in [0.25, 0.3) is 10.0 Å². The third-order valence-electron chi connectivity index (χ3n) is 3.17. The van der Waals surface area contributed by atoms with Gasteiger partial charge < -0.3 is 0 Å². The maximum atomic E-state index is 12.0. The van der Waals surface area contributed by atoms with Crippen LogP contribution in [0, 0.1) is 0 Å². The number of hydrogen-bond donors (Lipinski definition) is 1. The fraction of sp³-hybridized carbons (Fsp3) is 0.500. The lowest BCUT2D eigenvalue weighted by molar-refractivity contribution is 0.0223. The number of nitrogens with one attached hydrogen (secondary N) is 1. The van der Waals surface area contributed by atoms with Crippen LogP contribution in [0.4, 0.5) is 0 Å². The second-order valence-corrected chi connectivity index (χ2v) is 8.52. The highest BCUT2D eigenvalue weighted by Gasteiger charge is 2.21. The van der Waals surface area contributed by atoms with Crippen LogP contribution in [0.25, 0.3) is 0 Å². The van der Waals surface area contributed by atoms with Crippen LogP contribution in [0.15, 0.2) is 34.1 Å². The van der Waals surface area contributed by atoms with E-state index in [1.54, 1.807) is 0 Å². The average Bonchev–Trinajstić information content (AvgIpc) is 2.89. The molecule has 1 fully saturated rings. The molecule has 0 radical (unpaired) electrons. The van der Waals surface area contributed by atoms with Gasteiger partial charge in [-0.3, -0.25) is 4.84 Å². The maximum absolute atomic E-state index is 12.0. The van der Waals surface area contributed by atoms with E-state index >= 15 is 0 Å². The first-order valence-electron chi connectivity index (χ1n) is 6.26. The molecule has 2 rings (SSSR count). The summed E-state index contributed by atoms with van der Waals surface area (Å²) >= 11 is 0. The molecule has 1 aromatic carbocycles. The standard InChI is InChI=1S/C12H17NO5S2/c1-19(14,15)11-7-4-8-12(9-11)20(16,17)13-18-10-5-2-3-6-10/h4,7-10,13H,2-3,5-6H2,1H3. The molecule has 0 aliphatic heterocycles. The molecular weight excluding hydrogens is 302 g/mol. The van der Waals surface area contributed by atoms with E-state index in [4.69, 9.17) is 4.84 Å². The normalized spacial score (nSPS) is 17.4. The van der Waals surface area contributed by atoms with E-state index < -0.39 is 19.9 Å². The molecule has 0 heterocycles. The van der Waals surface area contributed by atoms with E-state index in [0.717, 1.165) is 38.0 Å². The highest BCUT2D eigenvalue weighted by Crippen LogP contribution is 2.21. The molecule has 0 amide bonds. The summed E-state index contributed by atoms with van der Waals surface area (Å²) in [5, 5.41) is 0. The van der Waals surface area contributed by atoms with Gasteiger partial charge in [0.2, 0.25) is 0 Å². The van der Waals surface area contributed by atoms with Crippen molar-refractivity contribution in [2.24, 2.45) is 0 Å². The van der Waals surface area contributed by atoms with Crippen molar-refractivity contribution >= 4 is 19.9 Å². The summed E-state index contributed by atoms with van der Waals surface area (Å²) < 4.78 is 46.9. The minimum absolute atomic E-state index is 0.0405. The van der Waals surface area contributed by atoms with Crippen molar-refractivity contribution in [3.63, 3.8) is 0 Å². The molecule has 6 nitrogen and oxygen atoms in total. The lowest BCUT2D eigenvalue weighted by Gasteiger charge is -2.12. The number of sulfone groups is 1. The summed E-state index contributed by atoms with van der Waals surface area (Å²) in [5.41, 5.74) is 0. The molecule has 0 atom stereocenters. The van der Waals surface area contributed by atoms with Gasteiger partial charge in [0.1, 0.15) is 0 Å². The number of sulfonamides is 1. The Kier molecular flexibility index (Phi) is 4.48. The summed E-state index contributed by atoms with van der Waals surface area (Å²) in [6.07, 6.45) is 4.62. The van der Waals surface area contributed by atoms with Gasteiger partial charge in [-0.25, -0.2) is 16.8 Å². The van der Waals surface area contributed by atoms with Crippen LogP contribution in [-0.4, -0.2) is 29.2 Å². The lowest BCUT2D eigenvalue weighted by Crippen LogP contribution is -2.28. The third kappa shape index (κ3) is 3.78. The monoisotopic (exact) mass is 319 g/mol. The van der Waals surface area contributed by atoms with Gasteiger partial charge in [-0.2, -0.15) is 0 Å². The van der Waals surface area contributed by atoms with Crippen molar-refractivity contribution in [2.45, 2.75) is 41.6 Å². The van der Waals surface area contributed by atoms with Crippen molar-refractivity contribution in [3.8, 4) is 0 Å². The maximum Gasteiger partial charge on any atom is 0.262 e. The molecule has 0 spiro atoms. The largest absolute Gasteiger partial charge is 0.284 e. The Hall–Kier alpha value is -0.960. The van der Waals surface area contributed by atoms with Crippen LogP contribution < -0.4 is 4.89 Å². The average molecular weight is 319 g/mol. The molecule has 20 heavy (non-hydrogen) atoms. The van der Waals surface area contributed by atoms with Crippen molar-refractivity contribution in [3.05, 3.63) is 24.3 Å². The van der Waals surface area contributed by atoms with Gasteiger partial charge in [0.05, 0.1) is 15.9 Å². The van der Waals surface area contributed by atoms with E-state index in [1.165, 1.54) is 18.2 Å². The van der Waals surface area contributed by atoms with Gasteiger partial charge >= 0.3 is 0 Å². The van der Waals surface area contributed by atoms with Crippen LogP contribution >= 0.6 is 0 Å². The van der Waals surface area contributed by atoms with Crippen LogP contribution in [0.5, 0.6) is 0 Å². The van der Waals surface area contributed by atoms with E-state index in [9.17, 15) is 16.8 Å². The molecule has 112 valence electrons. The minimum Gasteiger partial charge on any atom is -0.284 e. The Morgan fingerprint density at radius 2 is 1.70 bits per heavy atom. The molecule has 0 unspecified atom stereocenters. The third-order valence-corrected chi connectivity index (χ3v) is 5.47. The molecule has 1 aliphatic rings. The fourth-order valence-corrected chi connectivity index (χ4v) is 3.70. The zero-order chi connectivity index (χ0) is 14.8. The van der Waals surface area contributed by atoms with Crippen molar-refractivity contribution in [2.75, 3.05) is 6.26 Å². The summed E-state index contributed by atoms with van der Waals surface area (Å²) in [4.78, 5) is 7.07. The first kappa shape index (κ1) is 15.4. The van der Waals surface area contributed by atoms with Crippen LogP contribution in [0.3, 0.4) is 0 Å². The molecule has 0 saturated heterocycles. The SMILES string of the molecule is CS(=O)(=O)c1cccc(S(=O)(=O)NOC2CCCC2)c1. The zero-order valence-corrected chi connectivity index (χ0v) is 12.7. The Labute approximate surface area is 119 Å². The van der Waals surface area contributed by atoms with Gasteiger partial charge in [-0.05, 0) is 31.0 Å². The smallest absolute Gasteiger partial charge is 0.262 e. The highest BCUT2D eigenvalue weighted by atomic mass is 32.2. The Morgan fingerprint density at radius 3 is 2.30 bits per heavy atom. The minimum atomic E-state index is -3.87. The molecule has 0 bridgehead atoms. The van der Waals surface area contributed by atoms with Gasteiger partial charge in [-0.15, -0.1) is 0 Å². The molecule has 1 aliphatic carbocycles. The van der Waals surface area contributed by atoms with Crippen LogP contribution in [-0.2, 0) is 24.7 Å². The molecule has 8 heteroatoms. The second-order valence-electron chi connectivity index (χ2n) is 4.86. The van der Waals surface area contributed by atoms with Crippen molar-refractivity contribution < 1.29 is 21.7 Å². The summed E-state index contributed by atoms with van der Waals surface area (Å²) in [6.45, 7) is 0. The van der Waals surface area contributed by atoms with E-state index in [-0.39, 0.29) is 15.9 Å². The van der Waals surface area contributed by atoms with Crippen LogP contribution in [0.2, 0.25) is 0 Å². The molecule has 1 aromatic rings. The summed E-state index contributed by atoms with van der Waals surface area (Å²) in [5.74, 6) is 0. The fourth-order valence-electron chi connectivity index (χ4n) is 2.06. The first-order valence-corrected chi connectivity index (χ1v) is 9.64. The molecule has 1 saturated carbocycles. The summed E-state index contributed by atoms with van der Waals surface area (Å²) in [7, 11) is -7.32. The topological polar surface area (TPSA) is 89.5 Å². The van der Waals surface area contributed by atoms with E-state index in [1.807, 2.05) is 0 Å². The number of benzene rings is 1. The molecule has 0 aromatic heterocycles. The molecule has 1 N–H and O–H groups in total. The Morgan fingerprint density at radius 1 is 1.10 bits per heavy atom. The Bertz CT molecular complexity index is 676. The number of hydrogen-bond acceptors (Lipinski definition) is 5. The quantitative estimate of drug-likeness (QED) is 0.825. The van der Waals surface area contributed by atoms with Gasteiger partial charge in [0.15, 0.2) is 9.84 Å². The first-order chi connectivity index (χ1) is 9.29. The lowest BCUT2D eigenvalue weighted by atomic mass is 10.3. The van der Waals surface area contributed by atoms with Crippen molar-refractivity contribution in [1.82, 2.24) is 4.89 Å². The Balaban J connectivity index is 2.16. The van der Waals surface area contributed by atoms with Crippen LogP contribution in [0.1, 0.15) is 25.7 Å². The zero-order valence-electron chi connectivity index (χ0n) is 11.1. The highest BCUT2D eigenvalue weighted by molar-refractivity contribution is 7.91. The van der Waals surface area contributed by atoms with Gasteiger partial charge in [0, 0.05) is 6.26 Å². The second kappa shape index (κ2) is 5.80. The van der Waals surface area contributed by atoms with Gasteiger partial charge in [-0.1, -0.05) is 23.8 Å². The van der Waals surface area contributed by atoms with E-state index in [0.29, 0.717) is 0 Å². The predicted molar refractivity (Wildman–Crippen MR) is 73.2 cm³/mol. The molecular formula is C12H17NO5S2.